The molecule has 0 radical (unpaired) electrons. The van der Waals surface area contributed by atoms with Crippen molar-refractivity contribution in [3.8, 4) is 0 Å². The Bertz CT molecular complexity index is 1280. The summed E-state index contributed by atoms with van der Waals surface area (Å²) in [7, 11) is -3.04. The summed E-state index contributed by atoms with van der Waals surface area (Å²) in [6.07, 6.45) is 2.10. The Morgan fingerprint density at radius 2 is 1.97 bits per heavy atom. The monoisotopic (exact) mass is 443 g/mol. The molecule has 0 amide bonds. The predicted octanol–water partition coefficient (Wildman–Crippen LogP) is 3.49. The molecule has 2 aromatic heterocycles. The van der Waals surface area contributed by atoms with E-state index in [9.17, 15) is 18.0 Å². The summed E-state index contributed by atoms with van der Waals surface area (Å²) in [4.78, 5) is 25.0. The van der Waals surface area contributed by atoms with Gasteiger partial charge in [-0.1, -0.05) is 12.1 Å². The lowest BCUT2D eigenvalue weighted by Crippen LogP contribution is -2.17. The molecule has 1 aromatic carbocycles. The van der Waals surface area contributed by atoms with Crippen LogP contribution in [0.15, 0.2) is 34.9 Å². The number of furan rings is 1. The third-order valence-electron chi connectivity index (χ3n) is 5.87. The Morgan fingerprint density at radius 1 is 1.19 bits per heavy atom. The molecule has 164 valence electrons. The zero-order chi connectivity index (χ0) is 22.3. The smallest absolute Gasteiger partial charge is 0.310 e. The Hall–Kier alpha value is -2.87. The highest BCUT2D eigenvalue weighted by Gasteiger charge is 2.31. The molecule has 3 heterocycles. The summed E-state index contributed by atoms with van der Waals surface area (Å²) in [6, 6.07) is 7.33. The van der Waals surface area contributed by atoms with Gasteiger partial charge in [-0.15, -0.1) is 0 Å². The van der Waals surface area contributed by atoms with Crippen LogP contribution in [0.3, 0.4) is 0 Å². The number of hydrogen-bond acceptors (Lipinski definition) is 6. The fraction of sp³-hybridized carbons (Fsp3) is 0.391. The van der Waals surface area contributed by atoms with Crippen molar-refractivity contribution in [1.82, 2.24) is 4.57 Å². The number of carbonyl (C=O) groups is 2. The highest BCUT2D eigenvalue weighted by atomic mass is 32.2. The topological polar surface area (TPSA) is 95.6 Å². The highest BCUT2D eigenvalue weighted by Crippen LogP contribution is 2.29. The van der Waals surface area contributed by atoms with Crippen LogP contribution in [0.25, 0.3) is 11.0 Å². The van der Waals surface area contributed by atoms with Crippen molar-refractivity contribution in [2.45, 2.75) is 39.7 Å². The lowest BCUT2D eigenvalue weighted by molar-refractivity contribution is -0.141. The standard InChI is InChI=1S/C23H25NO6S/c1-14-4-5-19-17(11-29-22(19)8-14)10-23(26)30-12-21(25)20-9-15(2)24(16(20)3)18-6-7-31(27,28)13-18/h4-5,8-9,11,18H,6-7,10,12-13H2,1-3H3. The Morgan fingerprint density at radius 3 is 2.68 bits per heavy atom. The van der Waals surface area contributed by atoms with Gasteiger partial charge < -0.3 is 13.7 Å². The van der Waals surface area contributed by atoms with Crippen molar-refractivity contribution in [2.24, 2.45) is 0 Å². The molecular weight excluding hydrogens is 418 g/mol. The van der Waals surface area contributed by atoms with Gasteiger partial charge in [0.15, 0.2) is 16.4 Å². The number of ketones is 1. The summed E-state index contributed by atoms with van der Waals surface area (Å²) in [6.45, 7) is 5.25. The van der Waals surface area contributed by atoms with Crippen LogP contribution < -0.4 is 0 Å². The number of Topliss-reactive ketones (excluding diaryl/α,β-unsaturated/α-hetero) is 1. The van der Waals surface area contributed by atoms with Crippen LogP contribution in [0.2, 0.25) is 0 Å². The molecule has 0 bridgehead atoms. The van der Waals surface area contributed by atoms with Crippen molar-refractivity contribution in [2.75, 3.05) is 18.1 Å². The average molecular weight is 444 g/mol. The van der Waals surface area contributed by atoms with E-state index in [-0.39, 0.29) is 36.4 Å². The van der Waals surface area contributed by atoms with Crippen LogP contribution in [0, 0.1) is 20.8 Å². The Labute approximate surface area is 180 Å². The minimum absolute atomic E-state index is 0.0162. The van der Waals surface area contributed by atoms with Gasteiger partial charge in [-0.3, -0.25) is 9.59 Å². The molecule has 1 unspecified atom stereocenters. The maximum absolute atomic E-state index is 12.7. The van der Waals surface area contributed by atoms with Crippen LogP contribution in [0.5, 0.6) is 0 Å². The molecule has 1 saturated heterocycles. The number of aryl methyl sites for hydroxylation is 2. The molecule has 0 spiro atoms. The first-order valence-electron chi connectivity index (χ1n) is 10.2. The molecule has 0 N–H and O–H groups in total. The normalized spacial score (nSPS) is 17.8. The average Bonchev–Trinajstić information content (AvgIpc) is 3.35. The Balaban J connectivity index is 1.42. The second kappa shape index (κ2) is 8.00. The first-order chi connectivity index (χ1) is 14.6. The number of fused-ring (bicyclic) bond motifs is 1. The molecule has 8 heteroatoms. The quantitative estimate of drug-likeness (QED) is 0.427. The minimum Gasteiger partial charge on any atom is -0.464 e. The van der Waals surface area contributed by atoms with Crippen LogP contribution >= 0.6 is 0 Å². The summed E-state index contributed by atoms with van der Waals surface area (Å²) in [5, 5.41) is 0.851. The van der Waals surface area contributed by atoms with E-state index in [2.05, 4.69) is 0 Å². The van der Waals surface area contributed by atoms with E-state index in [4.69, 9.17) is 9.15 Å². The third-order valence-corrected chi connectivity index (χ3v) is 7.62. The van der Waals surface area contributed by atoms with Gasteiger partial charge in [-0.2, -0.15) is 0 Å². The van der Waals surface area contributed by atoms with Crippen molar-refractivity contribution in [1.29, 1.82) is 0 Å². The van der Waals surface area contributed by atoms with Gasteiger partial charge in [0.05, 0.1) is 24.2 Å². The molecule has 1 aliphatic heterocycles. The molecule has 0 saturated carbocycles. The van der Waals surface area contributed by atoms with Gasteiger partial charge >= 0.3 is 5.97 Å². The lowest BCUT2D eigenvalue weighted by Gasteiger charge is -2.16. The number of sulfone groups is 1. The molecule has 31 heavy (non-hydrogen) atoms. The number of aromatic nitrogens is 1. The first-order valence-corrected chi connectivity index (χ1v) is 12.0. The van der Waals surface area contributed by atoms with E-state index in [0.29, 0.717) is 28.8 Å². The fourth-order valence-corrected chi connectivity index (χ4v) is 6.06. The summed E-state index contributed by atoms with van der Waals surface area (Å²) >= 11 is 0. The van der Waals surface area contributed by atoms with Crippen LogP contribution in [-0.4, -0.2) is 42.9 Å². The van der Waals surface area contributed by atoms with E-state index in [0.717, 1.165) is 16.6 Å². The van der Waals surface area contributed by atoms with E-state index < -0.39 is 15.8 Å². The van der Waals surface area contributed by atoms with Gasteiger partial charge in [-0.25, -0.2) is 8.42 Å². The van der Waals surface area contributed by atoms with Crippen LogP contribution in [0.1, 0.15) is 45.3 Å². The number of nitrogens with zero attached hydrogens (tertiary/aromatic N) is 1. The fourth-order valence-electron chi connectivity index (χ4n) is 4.36. The van der Waals surface area contributed by atoms with Gasteiger partial charge in [-0.05, 0) is 44.9 Å². The molecule has 1 atom stereocenters. The number of carbonyl (C=O) groups excluding carboxylic acids is 2. The first kappa shape index (κ1) is 21.4. The number of rotatable bonds is 6. The lowest BCUT2D eigenvalue weighted by atomic mass is 10.1. The van der Waals surface area contributed by atoms with E-state index in [1.54, 1.807) is 13.0 Å². The van der Waals surface area contributed by atoms with Crippen molar-refractivity contribution >= 4 is 32.6 Å². The van der Waals surface area contributed by atoms with Gasteiger partial charge in [0, 0.05) is 33.9 Å². The maximum Gasteiger partial charge on any atom is 0.310 e. The van der Waals surface area contributed by atoms with Crippen LogP contribution in [-0.2, 0) is 25.8 Å². The molecule has 1 fully saturated rings. The van der Waals surface area contributed by atoms with E-state index in [1.807, 2.05) is 36.6 Å². The molecule has 0 aliphatic carbocycles. The zero-order valence-corrected chi connectivity index (χ0v) is 18.6. The molecular formula is C23H25NO6S. The second-order valence-electron chi connectivity index (χ2n) is 8.23. The largest absolute Gasteiger partial charge is 0.464 e. The summed E-state index contributed by atoms with van der Waals surface area (Å²) in [5.41, 5.74) is 4.48. The van der Waals surface area contributed by atoms with Crippen molar-refractivity contribution in [3.05, 3.63) is 58.6 Å². The van der Waals surface area contributed by atoms with Crippen molar-refractivity contribution in [3.63, 3.8) is 0 Å². The molecule has 7 nitrogen and oxygen atoms in total. The second-order valence-corrected chi connectivity index (χ2v) is 10.5. The summed E-state index contributed by atoms with van der Waals surface area (Å²) < 4.78 is 36.3. The minimum atomic E-state index is -3.04. The molecule has 3 aromatic rings. The Kier molecular flexibility index (Phi) is 5.51. The number of ether oxygens (including phenoxy) is 1. The van der Waals surface area contributed by atoms with E-state index in [1.165, 1.54) is 6.26 Å². The van der Waals surface area contributed by atoms with Gasteiger partial charge in [0.25, 0.3) is 0 Å². The van der Waals surface area contributed by atoms with E-state index >= 15 is 0 Å². The number of hydrogen-bond donors (Lipinski definition) is 0. The number of benzene rings is 1. The molecule has 4 rings (SSSR count). The third kappa shape index (κ3) is 4.30. The summed E-state index contributed by atoms with van der Waals surface area (Å²) in [5.74, 6) is -0.560. The van der Waals surface area contributed by atoms with Gasteiger partial charge in [0.2, 0.25) is 5.78 Å². The van der Waals surface area contributed by atoms with Crippen molar-refractivity contribution < 1.29 is 27.2 Å². The molecule has 1 aliphatic rings. The zero-order valence-electron chi connectivity index (χ0n) is 17.8. The van der Waals surface area contributed by atoms with Gasteiger partial charge in [0.1, 0.15) is 5.58 Å². The number of esters is 1. The predicted molar refractivity (Wildman–Crippen MR) is 116 cm³/mol. The maximum atomic E-state index is 12.7. The highest BCUT2D eigenvalue weighted by molar-refractivity contribution is 7.91. The van der Waals surface area contributed by atoms with Crippen LogP contribution in [0.4, 0.5) is 0 Å². The SMILES string of the molecule is Cc1ccc2c(CC(=O)OCC(=O)c3cc(C)n(C4CCS(=O)(=O)C4)c3C)coc2c1.